The van der Waals surface area contributed by atoms with E-state index < -0.39 is 0 Å². The number of fused-ring (bicyclic) bond motifs is 2. The van der Waals surface area contributed by atoms with Crippen molar-refractivity contribution in [3.05, 3.63) is 75.3 Å². The second-order valence-corrected chi connectivity index (χ2v) is 6.93. The molecule has 0 spiro atoms. The highest BCUT2D eigenvalue weighted by Crippen LogP contribution is 2.30. The summed E-state index contributed by atoms with van der Waals surface area (Å²) in [5, 5.41) is 1.27. The Morgan fingerprint density at radius 1 is 1.00 bits per heavy atom. The summed E-state index contributed by atoms with van der Waals surface area (Å²) < 4.78 is 2.07. The van der Waals surface area contributed by atoms with Crippen LogP contribution < -0.4 is 5.43 Å². The molecular weight excluding hydrogens is 318 g/mol. The third kappa shape index (κ3) is 2.19. The first-order valence-electron chi connectivity index (χ1n) is 7.71. The smallest absolute Gasteiger partial charge is 0.198 e. The lowest BCUT2D eigenvalue weighted by molar-refractivity contribution is 0.102. The van der Waals surface area contributed by atoms with Crippen molar-refractivity contribution in [3.63, 3.8) is 0 Å². The highest BCUT2D eigenvalue weighted by atomic mass is 32.1. The minimum absolute atomic E-state index is 0.0184. The maximum Gasteiger partial charge on any atom is 0.198 e. The minimum atomic E-state index is -0.0206. The van der Waals surface area contributed by atoms with Crippen molar-refractivity contribution in [2.75, 3.05) is 0 Å². The van der Waals surface area contributed by atoms with Gasteiger partial charge in [0, 0.05) is 11.1 Å². The van der Waals surface area contributed by atoms with Gasteiger partial charge in [-0.15, -0.1) is 11.3 Å². The standard InChI is InChI=1S/C20H15NO2S/c1-12-7-9-14(10-8-12)21-17-6-4-3-5-15(17)19(23)16-11-18(13(2)22)24-20(16)21/h3-11H,1-2H3. The van der Waals surface area contributed by atoms with Crippen molar-refractivity contribution in [2.24, 2.45) is 0 Å². The van der Waals surface area contributed by atoms with Crippen LogP contribution in [0.15, 0.2) is 59.4 Å². The average Bonchev–Trinajstić information content (AvgIpc) is 3.02. The van der Waals surface area contributed by atoms with Gasteiger partial charge in [0.1, 0.15) is 4.83 Å². The van der Waals surface area contributed by atoms with E-state index in [0.29, 0.717) is 15.6 Å². The lowest BCUT2D eigenvalue weighted by atomic mass is 10.1. The van der Waals surface area contributed by atoms with Gasteiger partial charge in [-0.2, -0.15) is 0 Å². The summed E-state index contributed by atoms with van der Waals surface area (Å²) in [6.07, 6.45) is 0. The summed E-state index contributed by atoms with van der Waals surface area (Å²) in [4.78, 5) is 26.1. The Bertz CT molecular complexity index is 1150. The predicted octanol–water partition coefficient (Wildman–Crippen LogP) is 4.72. The first-order chi connectivity index (χ1) is 11.6. The molecule has 0 unspecified atom stereocenters. The van der Waals surface area contributed by atoms with E-state index in [4.69, 9.17) is 0 Å². The average molecular weight is 333 g/mol. The van der Waals surface area contributed by atoms with Gasteiger partial charge in [0.05, 0.1) is 15.8 Å². The molecule has 3 nitrogen and oxygen atoms in total. The zero-order chi connectivity index (χ0) is 16.8. The van der Waals surface area contributed by atoms with Gasteiger partial charge in [0.2, 0.25) is 0 Å². The van der Waals surface area contributed by atoms with E-state index in [9.17, 15) is 9.59 Å². The Morgan fingerprint density at radius 2 is 1.71 bits per heavy atom. The number of para-hydroxylation sites is 1. The molecule has 2 aromatic carbocycles. The van der Waals surface area contributed by atoms with Gasteiger partial charge < -0.3 is 4.57 Å². The summed E-state index contributed by atoms with van der Waals surface area (Å²) in [5.41, 5.74) is 3.00. The van der Waals surface area contributed by atoms with Crippen LogP contribution in [0, 0.1) is 6.92 Å². The molecule has 0 aliphatic carbocycles. The van der Waals surface area contributed by atoms with Crippen LogP contribution >= 0.6 is 11.3 Å². The monoisotopic (exact) mass is 333 g/mol. The molecule has 4 heteroatoms. The maximum atomic E-state index is 12.8. The fourth-order valence-corrected chi connectivity index (χ4v) is 4.03. The minimum Gasteiger partial charge on any atom is -0.301 e. The zero-order valence-corrected chi connectivity index (χ0v) is 14.2. The molecule has 0 amide bonds. The molecule has 0 bridgehead atoms. The van der Waals surface area contributed by atoms with Crippen LogP contribution in [0.5, 0.6) is 0 Å². The Morgan fingerprint density at radius 3 is 2.42 bits per heavy atom. The number of hydrogen-bond donors (Lipinski definition) is 0. The number of nitrogens with zero attached hydrogens (tertiary/aromatic N) is 1. The largest absolute Gasteiger partial charge is 0.301 e. The second kappa shape index (κ2) is 5.42. The fourth-order valence-electron chi connectivity index (χ4n) is 2.95. The molecule has 0 saturated heterocycles. The summed E-state index contributed by atoms with van der Waals surface area (Å²) in [7, 11) is 0. The molecule has 2 heterocycles. The van der Waals surface area contributed by atoms with Crippen molar-refractivity contribution in [1.82, 2.24) is 4.57 Å². The van der Waals surface area contributed by atoms with Gasteiger partial charge in [0.25, 0.3) is 0 Å². The van der Waals surface area contributed by atoms with Gasteiger partial charge in [-0.1, -0.05) is 29.8 Å². The van der Waals surface area contributed by atoms with Crippen LogP contribution in [-0.4, -0.2) is 10.4 Å². The van der Waals surface area contributed by atoms with Gasteiger partial charge in [-0.25, -0.2) is 0 Å². The van der Waals surface area contributed by atoms with Crippen LogP contribution in [0.4, 0.5) is 0 Å². The van der Waals surface area contributed by atoms with Crippen molar-refractivity contribution < 1.29 is 4.79 Å². The molecule has 0 aliphatic rings. The molecule has 24 heavy (non-hydrogen) atoms. The number of rotatable bonds is 2. The van der Waals surface area contributed by atoms with Gasteiger partial charge in [-0.3, -0.25) is 9.59 Å². The number of carbonyl (C=O) groups excluding carboxylic acids is 1. The van der Waals surface area contributed by atoms with Crippen LogP contribution in [0.1, 0.15) is 22.2 Å². The topological polar surface area (TPSA) is 39.1 Å². The molecular formula is C20H15NO2S. The Labute approximate surface area is 142 Å². The number of carbonyl (C=O) groups is 1. The first-order valence-corrected chi connectivity index (χ1v) is 8.53. The van der Waals surface area contributed by atoms with E-state index in [0.717, 1.165) is 16.0 Å². The SMILES string of the molecule is CC(=O)c1cc2c(=O)c3ccccc3n(-c3ccc(C)cc3)c2s1. The van der Waals surface area contributed by atoms with Gasteiger partial charge in [0.15, 0.2) is 11.2 Å². The molecule has 2 aromatic heterocycles. The van der Waals surface area contributed by atoms with Gasteiger partial charge in [-0.05, 0) is 44.2 Å². The lowest BCUT2D eigenvalue weighted by Gasteiger charge is -2.13. The second-order valence-electron chi connectivity index (χ2n) is 5.90. The molecule has 0 aliphatic heterocycles. The van der Waals surface area contributed by atoms with Crippen molar-refractivity contribution >= 4 is 38.2 Å². The predicted molar refractivity (Wildman–Crippen MR) is 99.7 cm³/mol. The molecule has 0 atom stereocenters. The number of ketones is 1. The molecule has 4 rings (SSSR count). The zero-order valence-electron chi connectivity index (χ0n) is 13.4. The quantitative estimate of drug-likeness (QED) is 0.498. The summed E-state index contributed by atoms with van der Waals surface area (Å²) in [6, 6.07) is 17.5. The molecule has 118 valence electrons. The number of aromatic nitrogens is 1. The Balaban J connectivity index is 2.22. The van der Waals surface area contributed by atoms with E-state index in [1.54, 1.807) is 6.07 Å². The normalized spacial score (nSPS) is 11.2. The number of thiophene rings is 1. The summed E-state index contributed by atoms with van der Waals surface area (Å²) >= 11 is 1.37. The fraction of sp³-hybridized carbons (Fsp3) is 0.100. The molecule has 0 fully saturated rings. The lowest BCUT2D eigenvalue weighted by Crippen LogP contribution is -2.08. The number of benzene rings is 2. The molecule has 0 radical (unpaired) electrons. The van der Waals surface area contributed by atoms with Gasteiger partial charge >= 0.3 is 0 Å². The van der Waals surface area contributed by atoms with Crippen LogP contribution in [0.2, 0.25) is 0 Å². The summed E-state index contributed by atoms with van der Waals surface area (Å²) in [5.74, 6) is -0.0184. The number of hydrogen-bond acceptors (Lipinski definition) is 3. The molecule has 0 saturated carbocycles. The molecule has 4 aromatic rings. The highest BCUT2D eigenvalue weighted by molar-refractivity contribution is 7.20. The molecule has 0 N–H and O–H groups in total. The van der Waals surface area contributed by atoms with Crippen molar-refractivity contribution in [3.8, 4) is 5.69 Å². The highest BCUT2D eigenvalue weighted by Gasteiger charge is 2.16. The number of aryl methyl sites for hydroxylation is 1. The number of pyridine rings is 1. The van der Waals surface area contributed by atoms with E-state index in [1.807, 2.05) is 55.5 Å². The Kier molecular flexibility index (Phi) is 3.36. The van der Waals surface area contributed by atoms with E-state index in [-0.39, 0.29) is 11.2 Å². The van der Waals surface area contributed by atoms with Crippen LogP contribution in [0.3, 0.4) is 0 Å². The first kappa shape index (κ1) is 14.8. The third-order valence-electron chi connectivity index (χ3n) is 4.19. The van der Waals surface area contributed by atoms with E-state index >= 15 is 0 Å². The van der Waals surface area contributed by atoms with Crippen molar-refractivity contribution in [2.45, 2.75) is 13.8 Å². The van der Waals surface area contributed by atoms with E-state index in [1.165, 1.54) is 23.8 Å². The number of Topliss-reactive ketones (excluding diaryl/α,β-unsaturated/α-hetero) is 1. The third-order valence-corrected chi connectivity index (χ3v) is 5.41. The van der Waals surface area contributed by atoms with Crippen LogP contribution in [0.25, 0.3) is 26.8 Å². The maximum absolute atomic E-state index is 12.8. The van der Waals surface area contributed by atoms with Crippen molar-refractivity contribution in [1.29, 1.82) is 0 Å². The summed E-state index contributed by atoms with van der Waals surface area (Å²) in [6.45, 7) is 3.58. The van der Waals surface area contributed by atoms with Crippen LogP contribution in [-0.2, 0) is 0 Å². The Hall–Kier alpha value is -2.72. The van der Waals surface area contributed by atoms with E-state index in [2.05, 4.69) is 4.57 Å².